The van der Waals surface area contributed by atoms with E-state index in [1.54, 1.807) is 12.3 Å². The predicted octanol–water partition coefficient (Wildman–Crippen LogP) is -2.00. The van der Waals surface area contributed by atoms with E-state index >= 15 is 0 Å². The number of nitrogens with zero attached hydrogens (tertiary/aromatic N) is 2. The molecule has 0 fully saturated rings. The van der Waals surface area contributed by atoms with E-state index in [4.69, 9.17) is 0 Å². The fraction of sp³-hybridized carbons (Fsp3) is 0.200. The van der Waals surface area contributed by atoms with E-state index < -0.39 is 0 Å². The second kappa shape index (κ2) is 4.86. The van der Waals surface area contributed by atoms with Gasteiger partial charge in [-0.3, -0.25) is 0 Å². The van der Waals surface area contributed by atoms with Crippen LogP contribution in [0.1, 0.15) is 0 Å². The van der Waals surface area contributed by atoms with Gasteiger partial charge in [0, 0.05) is 0 Å². The van der Waals surface area contributed by atoms with Crippen LogP contribution in [0.25, 0.3) is 0 Å². The summed E-state index contributed by atoms with van der Waals surface area (Å²) < 4.78 is 0. The fourth-order valence-corrected chi connectivity index (χ4v) is 0.664. The molecule has 0 amide bonds. The molecule has 0 aliphatic rings. The maximum Gasteiger partial charge on any atom is 1.00 e. The minimum absolute atomic E-state index is 0. The first-order valence-electron chi connectivity index (χ1n) is 2.16. The SMILES string of the molecule is CSc1n[c-]ccn1.[Li+]. The maximum absolute atomic E-state index is 3.92. The first kappa shape index (κ1) is 9.03. The second-order valence-electron chi connectivity index (χ2n) is 1.17. The zero-order chi connectivity index (χ0) is 5.82. The number of aromatic nitrogens is 2. The van der Waals surface area contributed by atoms with Crippen molar-refractivity contribution in [3.63, 3.8) is 0 Å². The van der Waals surface area contributed by atoms with Crippen molar-refractivity contribution in [1.82, 2.24) is 9.97 Å². The van der Waals surface area contributed by atoms with Gasteiger partial charge in [0.1, 0.15) is 0 Å². The van der Waals surface area contributed by atoms with Gasteiger partial charge in [-0.25, -0.2) is 0 Å². The van der Waals surface area contributed by atoms with Gasteiger partial charge in [0.25, 0.3) is 0 Å². The Morgan fingerprint density at radius 3 is 2.78 bits per heavy atom. The van der Waals surface area contributed by atoms with Crippen LogP contribution in [0.5, 0.6) is 0 Å². The van der Waals surface area contributed by atoms with Gasteiger partial charge < -0.3 is 9.97 Å². The van der Waals surface area contributed by atoms with Crippen LogP contribution >= 0.6 is 11.8 Å². The topological polar surface area (TPSA) is 25.8 Å². The average Bonchev–Trinajstić information content (AvgIpc) is 1.90. The molecule has 0 atom stereocenters. The fourth-order valence-electron chi connectivity index (χ4n) is 0.354. The van der Waals surface area contributed by atoms with Crippen molar-refractivity contribution in [2.24, 2.45) is 0 Å². The van der Waals surface area contributed by atoms with Gasteiger partial charge in [0.05, 0.1) is 5.16 Å². The Bertz CT molecular complexity index is 156. The smallest absolute Gasteiger partial charge is 0.364 e. The quantitative estimate of drug-likeness (QED) is 0.191. The Morgan fingerprint density at radius 1 is 1.67 bits per heavy atom. The number of rotatable bonds is 1. The van der Waals surface area contributed by atoms with E-state index in [1.165, 1.54) is 11.8 Å². The van der Waals surface area contributed by atoms with Crippen LogP contribution in [0, 0.1) is 6.20 Å². The molecule has 42 valence electrons. The van der Waals surface area contributed by atoms with Gasteiger partial charge in [-0.1, -0.05) is 12.4 Å². The van der Waals surface area contributed by atoms with E-state index in [9.17, 15) is 0 Å². The van der Waals surface area contributed by atoms with Crippen molar-refractivity contribution < 1.29 is 18.9 Å². The molecule has 0 aliphatic heterocycles. The summed E-state index contributed by atoms with van der Waals surface area (Å²) in [4.78, 5) is 7.74. The minimum atomic E-state index is 0. The molecule has 9 heavy (non-hydrogen) atoms. The molecule has 1 heterocycles. The summed E-state index contributed by atoms with van der Waals surface area (Å²) >= 11 is 1.52. The number of hydrogen-bond donors (Lipinski definition) is 0. The largest absolute Gasteiger partial charge is 1.00 e. The molecule has 0 N–H and O–H groups in total. The van der Waals surface area contributed by atoms with E-state index in [-0.39, 0.29) is 18.9 Å². The number of thioether (sulfide) groups is 1. The summed E-state index contributed by atoms with van der Waals surface area (Å²) in [5.74, 6) is 0. The van der Waals surface area contributed by atoms with Crippen molar-refractivity contribution >= 4 is 11.8 Å². The van der Waals surface area contributed by atoms with Crippen LogP contribution < -0.4 is 18.9 Å². The minimum Gasteiger partial charge on any atom is -0.364 e. The molecule has 0 aromatic carbocycles. The molecule has 0 spiro atoms. The third-order valence-electron chi connectivity index (χ3n) is 0.677. The Balaban J connectivity index is 0.000000640. The first-order valence-corrected chi connectivity index (χ1v) is 3.39. The summed E-state index contributed by atoms with van der Waals surface area (Å²) in [6, 6.07) is 1.68. The maximum atomic E-state index is 3.92. The molecule has 0 unspecified atom stereocenters. The monoisotopic (exact) mass is 132 g/mol. The van der Waals surface area contributed by atoms with Crippen LogP contribution in [-0.4, -0.2) is 16.2 Å². The molecule has 0 radical (unpaired) electrons. The van der Waals surface area contributed by atoms with E-state index in [2.05, 4.69) is 16.2 Å². The molecule has 0 bridgehead atoms. The number of hydrogen-bond acceptors (Lipinski definition) is 3. The molecule has 2 nitrogen and oxygen atoms in total. The first-order chi connectivity index (χ1) is 3.93. The van der Waals surface area contributed by atoms with Crippen molar-refractivity contribution in [3.05, 3.63) is 18.5 Å². The summed E-state index contributed by atoms with van der Waals surface area (Å²) in [5, 5.41) is 0.771. The van der Waals surface area contributed by atoms with Crippen LogP contribution in [0.4, 0.5) is 0 Å². The van der Waals surface area contributed by atoms with Crippen LogP contribution in [0.3, 0.4) is 0 Å². The molecular weight excluding hydrogens is 127 g/mol. The Morgan fingerprint density at radius 2 is 2.44 bits per heavy atom. The van der Waals surface area contributed by atoms with Crippen LogP contribution in [0.2, 0.25) is 0 Å². The van der Waals surface area contributed by atoms with E-state index in [0.717, 1.165) is 5.16 Å². The molecule has 0 saturated heterocycles. The Kier molecular flexibility index (Phi) is 4.88. The summed E-state index contributed by atoms with van der Waals surface area (Å²) in [7, 11) is 0. The van der Waals surface area contributed by atoms with Crippen LogP contribution in [0.15, 0.2) is 17.4 Å². The summed E-state index contributed by atoms with van der Waals surface area (Å²) in [5.41, 5.74) is 0. The Hall–Kier alpha value is 0.0274. The molecule has 0 aliphatic carbocycles. The zero-order valence-electron chi connectivity index (χ0n) is 5.46. The summed E-state index contributed by atoms with van der Waals surface area (Å²) in [6.45, 7) is 0. The standard InChI is InChI=1S/C5H5N2S.Li/c1-8-5-6-3-2-4-7-5;/h2-3H,1H3;/q-1;+1. The van der Waals surface area contributed by atoms with Gasteiger partial charge in [-0.2, -0.15) is 11.8 Å². The molecule has 1 rings (SSSR count). The van der Waals surface area contributed by atoms with Crippen LogP contribution in [-0.2, 0) is 0 Å². The third-order valence-corrected chi connectivity index (χ3v) is 1.24. The third kappa shape index (κ3) is 2.90. The molecule has 1 aromatic rings. The predicted molar refractivity (Wildman–Crippen MR) is 32.6 cm³/mol. The second-order valence-corrected chi connectivity index (χ2v) is 1.95. The molecule has 1 aromatic heterocycles. The zero-order valence-corrected chi connectivity index (χ0v) is 6.27. The summed E-state index contributed by atoms with van der Waals surface area (Å²) in [6.07, 6.45) is 6.29. The normalized spacial score (nSPS) is 8.11. The Labute approximate surface area is 70.7 Å². The van der Waals surface area contributed by atoms with Crippen molar-refractivity contribution in [2.45, 2.75) is 5.16 Å². The van der Waals surface area contributed by atoms with Gasteiger partial charge >= 0.3 is 18.9 Å². The van der Waals surface area contributed by atoms with E-state index in [0.29, 0.717) is 0 Å². The van der Waals surface area contributed by atoms with Crippen molar-refractivity contribution in [3.8, 4) is 0 Å². The average molecular weight is 132 g/mol. The van der Waals surface area contributed by atoms with Crippen molar-refractivity contribution in [1.29, 1.82) is 0 Å². The van der Waals surface area contributed by atoms with E-state index in [1.807, 2.05) is 6.26 Å². The molecule has 0 saturated carbocycles. The van der Waals surface area contributed by atoms with Gasteiger partial charge in [0.2, 0.25) is 0 Å². The molecular formula is C5H5LiN2S. The van der Waals surface area contributed by atoms with Gasteiger partial charge in [0.15, 0.2) is 0 Å². The van der Waals surface area contributed by atoms with Crippen molar-refractivity contribution in [2.75, 3.05) is 6.26 Å². The van der Waals surface area contributed by atoms with Gasteiger partial charge in [-0.05, 0) is 6.26 Å². The van der Waals surface area contributed by atoms with Gasteiger partial charge in [-0.15, -0.1) is 6.07 Å². The molecule has 4 heteroatoms.